The molecule has 4 rings (SSSR count). The fourth-order valence-corrected chi connectivity index (χ4v) is 3.27. The highest BCUT2D eigenvalue weighted by molar-refractivity contribution is 5.92. The predicted molar refractivity (Wildman–Crippen MR) is 101 cm³/mol. The summed E-state index contributed by atoms with van der Waals surface area (Å²) in [7, 11) is 0. The predicted octanol–water partition coefficient (Wildman–Crippen LogP) is 3.78. The minimum atomic E-state index is -4.66. The molecule has 1 N–H and O–H groups in total. The topological polar surface area (TPSA) is 98.2 Å². The number of aromatic nitrogens is 5. The van der Waals surface area contributed by atoms with Crippen LogP contribution in [0.1, 0.15) is 35.1 Å². The molecule has 3 aromatic heterocycles. The van der Waals surface area contributed by atoms with Crippen LogP contribution in [0, 0.1) is 20.8 Å². The molecule has 0 atom stereocenters. The number of benzene rings is 1. The van der Waals surface area contributed by atoms with Crippen molar-refractivity contribution in [2.45, 2.75) is 39.8 Å². The van der Waals surface area contributed by atoms with E-state index in [-0.39, 0.29) is 18.1 Å². The van der Waals surface area contributed by atoms with Crippen LogP contribution in [0.5, 0.6) is 0 Å². The zero-order valence-electron chi connectivity index (χ0n) is 16.3. The summed E-state index contributed by atoms with van der Waals surface area (Å²) >= 11 is 0. The number of oxazole rings is 1. The van der Waals surface area contributed by atoms with E-state index in [2.05, 4.69) is 25.4 Å². The van der Waals surface area contributed by atoms with Crippen molar-refractivity contribution in [3.63, 3.8) is 0 Å². The highest BCUT2D eigenvalue weighted by Crippen LogP contribution is 2.27. The van der Waals surface area contributed by atoms with Gasteiger partial charge in [-0.15, -0.1) is 5.10 Å². The van der Waals surface area contributed by atoms with Gasteiger partial charge in [-0.05, 0) is 44.0 Å². The van der Waals surface area contributed by atoms with Gasteiger partial charge in [0.1, 0.15) is 5.52 Å². The molecule has 0 spiro atoms. The number of hydrogen-bond donors (Lipinski definition) is 1. The van der Waals surface area contributed by atoms with E-state index < -0.39 is 12.0 Å². The average Bonchev–Trinajstić information content (AvgIpc) is 3.23. The Kier molecular flexibility index (Phi) is 4.67. The van der Waals surface area contributed by atoms with E-state index in [0.717, 1.165) is 4.52 Å². The van der Waals surface area contributed by atoms with Gasteiger partial charge in [-0.2, -0.15) is 18.2 Å². The number of carbonyl (C=O) groups is 1. The monoisotopic (exact) mass is 418 g/mol. The second-order valence-electron chi connectivity index (χ2n) is 6.87. The lowest BCUT2D eigenvalue weighted by Crippen LogP contribution is -2.14. The highest BCUT2D eigenvalue weighted by Gasteiger charge is 2.36. The summed E-state index contributed by atoms with van der Waals surface area (Å²) in [5.41, 5.74) is 3.47. The quantitative estimate of drug-likeness (QED) is 0.542. The Bertz CT molecular complexity index is 1270. The van der Waals surface area contributed by atoms with Crippen molar-refractivity contribution in [3.05, 3.63) is 46.9 Å². The fourth-order valence-electron chi connectivity index (χ4n) is 3.27. The molecule has 30 heavy (non-hydrogen) atoms. The zero-order chi connectivity index (χ0) is 21.6. The molecule has 11 heteroatoms. The van der Waals surface area contributed by atoms with Crippen LogP contribution in [0.2, 0.25) is 0 Å². The van der Waals surface area contributed by atoms with Crippen molar-refractivity contribution in [3.8, 4) is 0 Å². The molecule has 3 heterocycles. The van der Waals surface area contributed by atoms with Gasteiger partial charge in [-0.3, -0.25) is 4.79 Å². The van der Waals surface area contributed by atoms with Crippen molar-refractivity contribution in [2.24, 2.45) is 0 Å². The van der Waals surface area contributed by atoms with Gasteiger partial charge in [0.05, 0.1) is 0 Å². The summed E-state index contributed by atoms with van der Waals surface area (Å²) in [6, 6.07) is 5.14. The number of nitrogens with one attached hydrogen (secondary N) is 1. The Morgan fingerprint density at radius 1 is 1.17 bits per heavy atom. The number of aryl methyl sites for hydroxylation is 3. The number of carbonyl (C=O) groups excluding carboxylic acids is 1. The van der Waals surface area contributed by atoms with E-state index in [0.29, 0.717) is 46.0 Å². The standard InChI is InChI=1S/C19H17F3N6O2/c1-9-13(10(2)28-18(23-9)26-17(27-28)19(20,21)22)5-7-16(29)25-12-4-6-15-14(8-12)24-11(3)30-15/h4,6,8H,5,7H2,1-3H3,(H,25,29). The molecule has 156 valence electrons. The van der Waals surface area contributed by atoms with Gasteiger partial charge in [-0.25, -0.2) is 14.5 Å². The van der Waals surface area contributed by atoms with Crippen LogP contribution in [-0.4, -0.2) is 30.5 Å². The number of anilines is 1. The number of halogens is 3. The molecule has 0 aliphatic rings. The smallest absolute Gasteiger partial charge is 0.441 e. The third-order valence-electron chi connectivity index (χ3n) is 4.68. The van der Waals surface area contributed by atoms with Crippen LogP contribution < -0.4 is 5.32 Å². The summed E-state index contributed by atoms with van der Waals surface area (Å²) < 4.78 is 45.1. The summed E-state index contributed by atoms with van der Waals surface area (Å²) in [5, 5.41) is 6.30. The molecule has 0 bridgehead atoms. The minimum absolute atomic E-state index is 0.117. The molecule has 0 aliphatic heterocycles. The molecule has 0 saturated heterocycles. The van der Waals surface area contributed by atoms with Gasteiger partial charge in [0.2, 0.25) is 5.91 Å². The first-order valence-electron chi connectivity index (χ1n) is 9.09. The molecule has 1 amide bonds. The van der Waals surface area contributed by atoms with Gasteiger partial charge in [0, 0.05) is 30.4 Å². The maximum Gasteiger partial charge on any atom is 0.453 e. The van der Waals surface area contributed by atoms with Crippen molar-refractivity contribution in [2.75, 3.05) is 5.32 Å². The van der Waals surface area contributed by atoms with Gasteiger partial charge in [0.25, 0.3) is 11.6 Å². The van der Waals surface area contributed by atoms with Crippen LogP contribution in [0.25, 0.3) is 16.9 Å². The summed E-state index contributed by atoms with van der Waals surface area (Å²) in [5.74, 6) is -1.08. The molecule has 0 fully saturated rings. The van der Waals surface area contributed by atoms with Crippen molar-refractivity contribution in [1.82, 2.24) is 24.6 Å². The van der Waals surface area contributed by atoms with Crippen molar-refractivity contribution < 1.29 is 22.4 Å². The Morgan fingerprint density at radius 3 is 2.67 bits per heavy atom. The van der Waals surface area contributed by atoms with Crippen LogP contribution in [0.4, 0.5) is 18.9 Å². The molecule has 0 unspecified atom stereocenters. The number of amides is 1. The number of fused-ring (bicyclic) bond motifs is 2. The molecule has 8 nitrogen and oxygen atoms in total. The van der Waals surface area contributed by atoms with Gasteiger partial charge >= 0.3 is 6.18 Å². The van der Waals surface area contributed by atoms with E-state index in [9.17, 15) is 18.0 Å². The molecule has 0 aliphatic carbocycles. The van der Waals surface area contributed by atoms with Crippen LogP contribution >= 0.6 is 0 Å². The summed E-state index contributed by atoms with van der Waals surface area (Å²) in [6.07, 6.45) is -4.25. The third-order valence-corrected chi connectivity index (χ3v) is 4.68. The average molecular weight is 418 g/mol. The Morgan fingerprint density at radius 2 is 1.93 bits per heavy atom. The van der Waals surface area contributed by atoms with E-state index in [1.54, 1.807) is 39.0 Å². The van der Waals surface area contributed by atoms with Crippen LogP contribution in [0.3, 0.4) is 0 Å². The van der Waals surface area contributed by atoms with Gasteiger partial charge in [0.15, 0.2) is 11.5 Å². The van der Waals surface area contributed by atoms with Gasteiger partial charge in [-0.1, -0.05) is 0 Å². The summed E-state index contributed by atoms with van der Waals surface area (Å²) in [4.78, 5) is 24.2. The molecular weight excluding hydrogens is 401 g/mol. The van der Waals surface area contributed by atoms with Crippen LogP contribution in [-0.2, 0) is 17.4 Å². The maximum atomic E-state index is 12.9. The third kappa shape index (κ3) is 3.70. The minimum Gasteiger partial charge on any atom is -0.441 e. The first-order chi connectivity index (χ1) is 14.1. The zero-order valence-corrected chi connectivity index (χ0v) is 16.3. The van der Waals surface area contributed by atoms with E-state index in [4.69, 9.17) is 4.42 Å². The second-order valence-corrected chi connectivity index (χ2v) is 6.87. The molecule has 0 radical (unpaired) electrons. The van der Waals surface area contributed by atoms with Gasteiger partial charge < -0.3 is 9.73 Å². The largest absolute Gasteiger partial charge is 0.453 e. The van der Waals surface area contributed by atoms with Crippen molar-refractivity contribution >= 4 is 28.5 Å². The SMILES string of the molecule is Cc1nc2cc(NC(=O)CCc3c(C)nc4nc(C(F)(F)F)nn4c3C)ccc2o1. The lowest BCUT2D eigenvalue weighted by molar-refractivity contribution is -0.144. The van der Waals surface area contributed by atoms with Crippen LogP contribution in [0.15, 0.2) is 22.6 Å². The number of nitrogens with zero attached hydrogens (tertiary/aromatic N) is 5. The fraction of sp³-hybridized carbons (Fsp3) is 0.316. The number of hydrogen-bond acceptors (Lipinski definition) is 6. The maximum absolute atomic E-state index is 12.9. The highest BCUT2D eigenvalue weighted by atomic mass is 19.4. The normalized spacial score (nSPS) is 12.1. The molecule has 0 saturated carbocycles. The Hall–Kier alpha value is -3.50. The molecular formula is C19H17F3N6O2. The van der Waals surface area contributed by atoms with E-state index >= 15 is 0 Å². The van der Waals surface area contributed by atoms with Crippen molar-refractivity contribution in [1.29, 1.82) is 0 Å². The van der Waals surface area contributed by atoms with E-state index in [1.165, 1.54) is 0 Å². The molecule has 1 aromatic carbocycles. The number of rotatable bonds is 4. The summed E-state index contributed by atoms with van der Waals surface area (Å²) in [6.45, 7) is 5.04. The molecule has 4 aromatic rings. The lowest BCUT2D eigenvalue weighted by Gasteiger charge is -2.10. The van der Waals surface area contributed by atoms with E-state index in [1.807, 2.05) is 0 Å². The second kappa shape index (κ2) is 7.08. The first-order valence-corrected chi connectivity index (χ1v) is 9.09. The Balaban J connectivity index is 1.51. The first kappa shape index (κ1) is 19.8. The lowest BCUT2D eigenvalue weighted by atomic mass is 10.1. The Labute approximate surface area is 168 Å². The number of alkyl halides is 3.